The molecule has 1 heterocycles. The first-order chi connectivity index (χ1) is 10.2. The number of aryl methyl sites for hydroxylation is 2. The molecule has 110 valence electrons. The maximum atomic E-state index is 6.08. The highest BCUT2D eigenvalue weighted by molar-refractivity contribution is 6.30. The number of fused-ring (bicyclic) bond motifs is 1. The molecule has 1 aliphatic heterocycles. The summed E-state index contributed by atoms with van der Waals surface area (Å²) in [6, 6.07) is 12.6. The molecule has 0 aliphatic carbocycles. The zero-order chi connectivity index (χ0) is 14.8. The van der Waals surface area contributed by atoms with Gasteiger partial charge in [-0.3, -0.25) is 0 Å². The molecule has 0 radical (unpaired) electrons. The average Bonchev–Trinajstić information content (AvgIpc) is 2.50. The highest BCUT2D eigenvalue weighted by atomic mass is 35.5. The van der Waals surface area contributed by atoms with Crippen molar-refractivity contribution in [3.63, 3.8) is 0 Å². The summed E-state index contributed by atoms with van der Waals surface area (Å²) in [5.41, 5.74) is 4.95. The molecule has 3 rings (SSSR count). The molecule has 2 nitrogen and oxygen atoms in total. The van der Waals surface area contributed by atoms with Crippen molar-refractivity contribution in [3.8, 4) is 5.75 Å². The standard InChI is InChI=1S/C18H20ClNO/c1-12-11-14(19)8-9-15(12)17(20-2)16-7-3-5-13-6-4-10-21-18(13)16/h3,5,7-9,11,17,20H,4,6,10H2,1-2H3. The molecule has 0 aromatic heterocycles. The first-order valence-corrected chi connectivity index (χ1v) is 7.76. The fraction of sp³-hybridized carbons (Fsp3) is 0.333. The molecule has 0 amide bonds. The number of nitrogens with one attached hydrogen (secondary N) is 1. The van der Waals surface area contributed by atoms with E-state index in [2.05, 4.69) is 36.5 Å². The van der Waals surface area contributed by atoms with Crippen molar-refractivity contribution in [2.45, 2.75) is 25.8 Å². The van der Waals surface area contributed by atoms with Crippen LogP contribution >= 0.6 is 11.6 Å². The summed E-state index contributed by atoms with van der Waals surface area (Å²) >= 11 is 6.08. The van der Waals surface area contributed by atoms with Gasteiger partial charge in [-0.1, -0.05) is 35.9 Å². The van der Waals surface area contributed by atoms with Crippen molar-refractivity contribution < 1.29 is 4.74 Å². The van der Waals surface area contributed by atoms with Gasteiger partial charge in [0, 0.05) is 10.6 Å². The third-order valence-electron chi connectivity index (χ3n) is 4.11. The molecule has 3 heteroatoms. The second kappa shape index (κ2) is 6.08. The molecule has 1 aliphatic rings. The van der Waals surface area contributed by atoms with E-state index >= 15 is 0 Å². The Morgan fingerprint density at radius 3 is 2.81 bits per heavy atom. The Kier molecular flexibility index (Phi) is 4.18. The van der Waals surface area contributed by atoms with E-state index in [1.807, 2.05) is 19.2 Å². The zero-order valence-corrected chi connectivity index (χ0v) is 13.2. The summed E-state index contributed by atoms with van der Waals surface area (Å²) in [5, 5.41) is 4.20. The first-order valence-electron chi connectivity index (χ1n) is 7.38. The van der Waals surface area contributed by atoms with Crippen LogP contribution in [0.25, 0.3) is 0 Å². The van der Waals surface area contributed by atoms with E-state index in [1.54, 1.807) is 0 Å². The molecule has 1 atom stereocenters. The van der Waals surface area contributed by atoms with Crippen LogP contribution in [0.2, 0.25) is 5.02 Å². The van der Waals surface area contributed by atoms with E-state index in [4.69, 9.17) is 16.3 Å². The van der Waals surface area contributed by atoms with Gasteiger partial charge in [0.05, 0.1) is 12.6 Å². The average molecular weight is 302 g/mol. The van der Waals surface area contributed by atoms with Gasteiger partial charge in [-0.2, -0.15) is 0 Å². The molecule has 0 spiro atoms. The predicted octanol–water partition coefficient (Wildman–Crippen LogP) is 4.28. The van der Waals surface area contributed by atoms with E-state index in [1.165, 1.54) is 22.3 Å². The van der Waals surface area contributed by atoms with Gasteiger partial charge in [0.1, 0.15) is 5.75 Å². The lowest BCUT2D eigenvalue weighted by Gasteiger charge is -2.26. The van der Waals surface area contributed by atoms with Crippen LogP contribution < -0.4 is 10.1 Å². The number of rotatable bonds is 3. The van der Waals surface area contributed by atoms with Crippen molar-refractivity contribution in [3.05, 3.63) is 63.7 Å². The Morgan fingerprint density at radius 1 is 1.19 bits per heavy atom. The lowest BCUT2D eigenvalue weighted by atomic mass is 9.91. The highest BCUT2D eigenvalue weighted by Gasteiger charge is 2.22. The van der Waals surface area contributed by atoms with Gasteiger partial charge in [-0.15, -0.1) is 0 Å². The summed E-state index contributed by atoms with van der Waals surface area (Å²) in [6.07, 6.45) is 2.19. The number of hydrogen-bond donors (Lipinski definition) is 1. The number of halogens is 1. The van der Waals surface area contributed by atoms with Crippen LogP contribution in [0.5, 0.6) is 5.75 Å². The number of ether oxygens (including phenoxy) is 1. The summed E-state index contributed by atoms with van der Waals surface area (Å²) in [4.78, 5) is 0. The van der Waals surface area contributed by atoms with Crippen molar-refractivity contribution >= 4 is 11.6 Å². The van der Waals surface area contributed by atoms with Gasteiger partial charge in [-0.25, -0.2) is 0 Å². The lowest BCUT2D eigenvalue weighted by Crippen LogP contribution is -2.21. The lowest BCUT2D eigenvalue weighted by molar-refractivity contribution is 0.283. The van der Waals surface area contributed by atoms with E-state index < -0.39 is 0 Å². The van der Waals surface area contributed by atoms with Crippen LogP contribution in [-0.2, 0) is 6.42 Å². The molecular weight excluding hydrogens is 282 g/mol. The molecule has 0 fully saturated rings. The summed E-state index contributed by atoms with van der Waals surface area (Å²) < 4.78 is 5.96. The molecule has 0 saturated heterocycles. The van der Waals surface area contributed by atoms with Crippen LogP contribution in [0.15, 0.2) is 36.4 Å². The fourth-order valence-corrected chi connectivity index (χ4v) is 3.31. The van der Waals surface area contributed by atoms with Crippen LogP contribution in [0.4, 0.5) is 0 Å². The quantitative estimate of drug-likeness (QED) is 0.913. The molecule has 1 N–H and O–H groups in total. The molecule has 21 heavy (non-hydrogen) atoms. The third kappa shape index (κ3) is 2.78. The van der Waals surface area contributed by atoms with Gasteiger partial charge in [0.25, 0.3) is 0 Å². The maximum absolute atomic E-state index is 6.08. The monoisotopic (exact) mass is 301 g/mol. The second-order valence-electron chi connectivity index (χ2n) is 5.51. The van der Waals surface area contributed by atoms with E-state index in [9.17, 15) is 0 Å². The SMILES string of the molecule is CNC(c1ccc(Cl)cc1C)c1cccc2c1OCCC2. The zero-order valence-electron chi connectivity index (χ0n) is 12.4. The highest BCUT2D eigenvalue weighted by Crippen LogP contribution is 2.36. The van der Waals surface area contributed by atoms with Gasteiger partial charge in [-0.05, 0) is 55.6 Å². The van der Waals surface area contributed by atoms with Gasteiger partial charge in [0.2, 0.25) is 0 Å². The van der Waals surface area contributed by atoms with Crippen LogP contribution in [-0.4, -0.2) is 13.7 Å². The second-order valence-corrected chi connectivity index (χ2v) is 5.95. The molecule has 2 aromatic carbocycles. The largest absolute Gasteiger partial charge is 0.493 e. The Morgan fingerprint density at radius 2 is 2.05 bits per heavy atom. The van der Waals surface area contributed by atoms with Gasteiger partial charge < -0.3 is 10.1 Å². The maximum Gasteiger partial charge on any atom is 0.127 e. The molecule has 0 bridgehead atoms. The minimum Gasteiger partial charge on any atom is -0.493 e. The molecular formula is C18H20ClNO. The Hall–Kier alpha value is -1.51. The van der Waals surface area contributed by atoms with Crippen molar-refractivity contribution in [1.82, 2.24) is 5.32 Å². The Balaban J connectivity index is 2.08. The van der Waals surface area contributed by atoms with Crippen LogP contribution in [0.1, 0.15) is 34.7 Å². The Labute approximate surface area is 131 Å². The third-order valence-corrected chi connectivity index (χ3v) is 4.34. The topological polar surface area (TPSA) is 21.3 Å². The van der Waals surface area contributed by atoms with Crippen molar-refractivity contribution in [1.29, 1.82) is 0 Å². The Bertz CT molecular complexity index is 654. The number of hydrogen-bond acceptors (Lipinski definition) is 2. The number of benzene rings is 2. The molecule has 2 aromatic rings. The van der Waals surface area contributed by atoms with E-state index in [0.717, 1.165) is 30.2 Å². The van der Waals surface area contributed by atoms with Gasteiger partial charge in [0.15, 0.2) is 0 Å². The van der Waals surface area contributed by atoms with Crippen LogP contribution in [0.3, 0.4) is 0 Å². The predicted molar refractivity (Wildman–Crippen MR) is 87.3 cm³/mol. The normalized spacial score (nSPS) is 15.2. The number of para-hydroxylation sites is 1. The van der Waals surface area contributed by atoms with Gasteiger partial charge >= 0.3 is 0 Å². The fourth-order valence-electron chi connectivity index (χ4n) is 3.08. The van der Waals surface area contributed by atoms with Crippen molar-refractivity contribution in [2.75, 3.05) is 13.7 Å². The van der Waals surface area contributed by atoms with Crippen LogP contribution in [0, 0.1) is 6.92 Å². The summed E-state index contributed by atoms with van der Waals surface area (Å²) in [7, 11) is 1.99. The summed E-state index contributed by atoms with van der Waals surface area (Å²) in [5.74, 6) is 1.05. The first kappa shape index (κ1) is 14.4. The van der Waals surface area contributed by atoms with E-state index in [-0.39, 0.29) is 6.04 Å². The molecule has 1 unspecified atom stereocenters. The smallest absolute Gasteiger partial charge is 0.127 e. The van der Waals surface area contributed by atoms with E-state index in [0.29, 0.717) is 0 Å². The summed E-state index contributed by atoms with van der Waals surface area (Å²) in [6.45, 7) is 2.90. The molecule has 0 saturated carbocycles. The minimum atomic E-state index is 0.121. The van der Waals surface area contributed by atoms with Crippen molar-refractivity contribution in [2.24, 2.45) is 0 Å². The minimum absolute atomic E-state index is 0.121.